The van der Waals surface area contributed by atoms with E-state index in [4.69, 9.17) is 10.5 Å². The van der Waals surface area contributed by atoms with Crippen molar-refractivity contribution in [3.63, 3.8) is 0 Å². The minimum Gasteiger partial charge on any atom is -0.377 e. The molecule has 2 N–H and O–H groups in total. The van der Waals surface area contributed by atoms with Crippen molar-refractivity contribution in [3.05, 3.63) is 35.9 Å². The zero-order valence-electron chi connectivity index (χ0n) is 12.1. The number of ether oxygens (including phenoxy) is 1. The average Bonchev–Trinajstić information content (AvgIpc) is 2.42. The fourth-order valence-corrected chi connectivity index (χ4v) is 3.04. The Labute approximate surface area is 116 Å². The second-order valence-corrected chi connectivity index (χ2v) is 5.61. The zero-order chi connectivity index (χ0) is 13.7. The van der Waals surface area contributed by atoms with Gasteiger partial charge in [0.1, 0.15) is 0 Å². The lowest BCUT2D eigenvalue weighted by atomic mass is 9.94. The first-order valence-corrected chi connectivity index (χ1v) is 7.32. The molecule has 19 heavy (non-hydrogen) atoms. The summed E-state index contributed by atoms with van der Waals surface area (Å²) in [5, 5.41) is 0. The monoisotopic (exact) mass is 262 g/mol. The van der Waals surface area contributed by atoms with E-state index in [0.717, 1.165) is 19.4 Å². The van der Waals surface area contributed by atoms with Crippen molar-refractivity contribution in [2.24, 2.45) is 5.73 Å². The summed E-state index contributed by atoms with van der Waals surface area (Å²) in [5.74, 6) is 0. The van der Waals surface area contributed by atoms with Gasteiger partial charge in [-0.3, -0.25) is 4.90 Å². The third-order valence-electron chi connectivity index (χ3n) is 4.02. The van der Waals surface area contributed by atoms with Gasteiger partial charge in [-0.15, -0.1) is 0 Å². The standard InChI is InChI=1S/C16H26N2O/c1-13-10-16(19-9-8-17)11-14(2)18(13)12-15-6-4-3-5-7-15/h3-7,13-14,16H,8-12,17H2,1-2H3/t13-,14+,16?. The van der Waals surface area contributed by atoms with Gasteiger partial charge in [0.25, 0.3) is 0 Å². The number of hydrogen-bond acceptors (Lipinski definition) is 3. The molecule has 1 heterocycles. The molecular formula is C16H26N2O. The van der Waals surface area contributed by atoms with E-state index in [-0.39, 0.29) is 0 Å². The normalized spacial score (nSPS) is 28.5. The van der Waals surface area contributed by atoms with E-state index in [1.807, 2.05) is 0 Å². The van der Waals surface area contributed by atoms with Gasteiger partial charge in [0.05, 0.1) is 12.7 Å². The van der Waals surface area contributed by atoms with Gasteiger partial charge in [-0.25, -0.2) is 0 Å². The summed E-state index contributed by atoms with van der Waals surface area (Å²) >= 11 is 0. The first-order chi connectivity index (χ1) is 9.20. The summed E-state index contributed by atoms with van der Waals surface area (Å²) in [7, 11) is 0. The van der Waals surface area contributed by atoms with E-state index in [2.05, 4.69) is 49.1 Å². The van der Waals surface area contributed by atoms with Crippen LogP contribution >= 0.6 is 0 Å². The van der Waals surface area contributed by atoms with Gasteiger partial charge in [-0.2, -0.15) is 0 Å². The highest BCUT2D eigenvalue weighted by Crippen LogP contribution is 2.26. The van der Waals surface area contributed by atoms with E-state index in [1.165, 1.54) is 5.56 Å². The van der Waals surface area contributed by atoms with Crippen molar-refractivity contribution >= 4 is 0 Å². The molecule has 0 aliphatic carbocycles. The summed E-state index contributed by atoms with van der Waals surface area (Å²) in [6, 6.07) is 11.8. The molecule has 1 aliphatic rings. The van der Waals surface area contributed by atoms with Crippen LogP contribution in [0.1, 0.15) is 32.3 Å². The molecule has 1 saturated heterocycles. The molecule has 106 valence electrons. The van der Waals surface area contributed by atoms with Crippen LogP contribution in [0.2, 0.25) is 0 Å². The Balaban J connectivity index is 1.92. The van der Waals surface area contributed by atoms with Crippen LogP contribution < -0.4 is 5.73 Å². The molecule has 3 atom stereocenters. The number of rotatable bonds is 5. The topological polar surface area (TPSA) is 38.5 Å². The molecule has 0 amide bonds. The summed E-state index contributed by atoms with van der Waals surface area (Å²) in [4.78, 5) is 2.58. The fraction of sp³-hybridized carbons (Fsp3) is 0.625. The molecule has 1 aliphatic heterocycles. The largest absolute Gasteiger partial charge is 0.377 e. The van der Waals surface area contributed by atoms with E-state index in [9.17, 15) is 0 Å². The van der Waals surface area contributed by atoms with Crippen LogP contribution in [0.15, 0.2) is 30.3 Å². The molecule has 0 bridgehead atoms. The van der Waals surface area contributed by atoms with E-state index < -0.39 is 0 Å². The first-order valence-electron chi connectivity index (χ1n) is 7.32. The third-order valence-corrected chi connectivity index (χ3v) is 4.02. The average molecular weight is 262 g/mol. The molecule has 1 unspecified atom stereocenters. The quantitative estimate of drug-likeness (QED) is 0.885. The molecule has 0 saturated carbocycles. The van der Waals surface area contributed by atoms with Crippen LogP contribution in [-0.4, -0.2) is 36.2 Å². The minimum atomic E-state index is 0.376. The zero-order valence-corrected chi connectivity index (χ0v) is 12.1. The number of piperidine rings is 1. The summed E-state index contributed by atoms with van der Waals surface area (Å²) in [5.41, 5.74) is 6.90. The van der Waals surface area contributed by atoms with Crippen LogP contribution in [0.4, 0.5) is 0 Å². The SMILES string of the molecule is C[C@@H]1CC(OCCN)C[C@H](C)N1Cc1ccccc1. The number of benzene rings is 1. The second-order valence-electron chi connectivity index (χ2n) is 5.61. The predicted molar refractivity (Wildman–Crippen MR) is 78.9 cm³/mol. The van der Waals surface area contributed by atoms with E-state index in [0.29, 0.717) is 31.3 Å². The maximum absolute atomic E-state index is 5.82. The number of nitrogens with zero attached hydrogens (tertiary/aromatic N) is 1. The fourth-order valence-electron chi connectivity index (χ4n) is 3.04. The maximum Gasteiger partial charge on any atom is 0.0605 e. The molecule has 1 fully saturated rings. The maximum atomic E-state index is 5.82. The van der Waals surface area contributed by atoms with Crippen LogP contribution in [-0.2, 0) is 11.3 Å². The Morgan fingerprint density at radius 3 is 2.37 bits per heavy atom. The van der Waals surface area contributed by atoms with E-state index >= 15 is 0 Å². The number of nitrogens with two attached hydrogens (primary N) is 1. The van der Waals surface area contributed by atoms with Crippen molar-refractivity contribution in [1.29, 1.82) is 0 Å². The molecule has 1 aromatic carbocycles. The Bertz CT molecular complexity index is 356. The summed E-state index contributed by atoms with van der Waals surface area (Å²) < 4.78 is 5.82. The van der Waals surface area contributed by atoms with Crippen molar-refractivity contribution in [3.8, 4) is 0 Å². The van der Waals surface area contributed by atoms with Gasteiger partial charge in [0, 0.05) is 25.2 Å². The minimum absolute atomic E-state index is 0.376. The number of hydrogen-bond donors (Lipinski definition) is 1. The van der Waals surface area contributed by atoms with Crippen LogP contribution in [0.25, 0.3) is 0 Å². The van der Waals surface area contributed by atoms with Crippen LogP contribution in [0.5, 0.6) is 0 Å². The highest BCUT2D eigenvalue weighted by molar-refractivity contribution is 5.15. The van der Waals surface area contributed by atoms with E-state index in [1.54, 1.807) is 0 Å². The molecule has 0 radical (unpaired) electrons. The second kappa shape index (κ2) is 7.04. The highest BCUT2D eigenvalue weighted by Gasteiger charge is 2.30. The van der Waals surface area contributed by atoms with Gasteiger partial charge in [-0.05, 0) is 32.3 Å². The Morgan fingerprint density at radius 2 is 1.79 bits per heavy atom. The van der Waals surface area contributed by atoms with Gasteiger partial charge in [0.2, 0.25) is 0 Å². The van der Waals surface area contributed by atoms with Gasteiger partial charge in [-0.1, -0.05) is 30.3 Å². The lowest BCUT2D eigenvalue weighted by Crippen LogP contribution is -2.48. The van der Waals surface area contributed by atoms with Crippen molar-refractivity contribution in [2.75, 3.05) is 13.2 Å². The lowest BCUT2D eigenvalue weighted by Gasteiger charge is -2.42. The molecule has 2 rings (SSSR count). The van der Waals surface area contributed by atoms with Crippen LogP contribution in [0.3, 0.4) is 0 Å². The van der Waals surface area contributed by atoms with Gasteiger partial charge < -0.3 is 10.5 Å². The molecular weight excluding hydrogens is 236 g/mol. The van der Waals surface area contributed by atoms with Gasteiger partial charge >= 0.3 is 0 Å². The molecule has 3 nitrogen and oxygen atoms in total. The molecule has 0 spiro atoms. The first kappa shape index (κ1) is 14.5. The Morgan fingerprint density at radius 1 is 1.16 bits per heavy atom. The van der Waals surface area contributed by atoms with Crippen molar-refractivity contribution in [2.45, 2.75) is 51.4 Å². The smallest absolute Gasteiger partial charge is 0.0605 e. The van der Waals surface area contributed by atoms with Crippen LogP contribution in [0, 0.1) is 0 Å². The lowest BCUT2D eigenvalue weighted by molar-refractivity contribution is -0.0341. The molecule has 3 heteroatoms. The van der Waals surface area contributed by atoms with Crippen molar-refractivity contribution in [1.82, 2.24) is 4.90 Å². The summed E-state index contributed by atoms with van der Waals surface area (Å²) in [6.07, 6.45) is 2.59. The van der Waals surface area contributed by atoms with Crippen molar-refractivity contribution < 1.29 is 4.74 Å². The summed E-state index contributed by atoms with van der Waals surface area (Å²) in [6.45, 7) is 6.94. The number of likely N-dealkylation sites (tertiary alicyclic amines) is 1. The van der Waals surface area contributed by atoms with Gasteiger partial charge in [0.15, 0.2) is 0 Å². The third kappa shape index (κ3) is 4.03. The molecule has 1 aromatic rings. The highest BCUT2D eigenvalue weighted by atomic mass is 16.5. The Kier molecular flexibility index (Phi) is 5.37. The Hall–Kier alpha value is -0.900. The predicted octanol–water partition coefficient (Wildman–Crippen LogP) is 2.40. The molecule has 0 aromatic heterocycles.